The van der Waals surface area contributed by atoms with E-state index in [9.17, 15) is 4.79 Å². The van der Waals surface area contributed by atoms with Gasteiger partial charge in [0.15, 0.2) is 0 Å². The van der Waals surface area contributed by atoms with Crippen molar-refractivity contribution in [3.05, 3.63) is 66.5 Å². The smallest absolute Gasteiger partial charge is 0.141 e. The normalized spacial score (nSPS) is 17.9. The van der Waals surface area contributed by atoms with Crippen LogP contribution < -0.4 is 0 Å². The van der Waals surface area contributed by atoms with Crippen LogP contribution in [0.1, 0.15) is 25.1 Å². The van der Waals surface area contributed by atoms with Crippen molar-refractivity contribution in [2.45, 2.75) is 19.3 Å². The Balaban J connectivity index is 1.90. The maximum Gasteiger partial charge on any atom is 0.141 e. The van der Waals surface area contributed by atoms with Crippen LogP contribution in [0.2, 0.25) is 0 Å². The van der Waals surface area contributed by atoms with Gasteiger partial charge in [0.25, 0.3) is 0 Å². The molecule has 23 heavy (non-hydrogen) atoms. The van der Waals surface area contributed by atoms with E-state index >= 15 is 0 Å². The number of allylic oxidation sites excluding steroid dienone is 2. The fraction of sp³-hybridized carbons (Fsp3) is 0.200. The maximum absolute atomic E-state index is 11.0. The maximum atomic E-state index is 11.0. The fourth-order valence-electron chi connectivity index (χ4n) is 3.26. The number of aldehydes is 1. The van der Waals surface area contributed by atoms with Crippen molar-refractivity contribution in [3.8, 4) is 5.69 Å². The summed E-state index contributed by atoms with van der Waals surface area (Å²) in [5.74, 6) is 1.16. The van der Waals surface area contributed by atoms with Gasteiger partial charge in [0.2, 0.25) is 0 Å². The number of para-hydroxylation sites is 3. The summed E-state index contributed by atoms with van der Waals surface area (Å²) in [6, 6.07) is 18.6. The first-order chi connectivity index (χ1) is 11.4. The van der Waals surface area contributed by atoms with E-state index in [0.29, 0.717) is 0 Å². The zero-order valence-electron chi connectivity index (χ0n) is 12.9. The molecule has 1 aliphatic rings. The molecule has 1 atom stereocenters. The summed E-state index contributed by atoms with van der Waals surface area (Å²) in [5.41, 5.74) is 4.48. The van der Waals surface area contributed by atoms with Crippen molar-refractivity contribution in [2.24, 2.45) is 5.92 Å². The number of hydrogen-bond donors (Lipinski definition) is 0. The summed E-state index contributed by atoms with van der Waals surface area (Å²) in [7, 11) is 0. The Kier molecular flexibility index (Phi) is 3.54. The van der Waals surface area contributed by atoms with Crippen molar-refractivity contribution in [2.75, 3.05) is 0 Å². The number of rotatable bonds is 3. The van der Waals surface area contributed by atoms with Crippen molar-refractivity contribution in [3.63, 3.8) is 0 Å². The lowest BCUT2D eigenvalue weighted by Gasteiger charge is -2.18. The number of carbonyl (C=O) groups excluding carboxylic acids is 1. The van der Waals surface area contributed by atoms with Crippen molar-refractivity contribution >= 4 is 22.9 Å². The summed E-state index contributed by atoms with van der Waals surface area (Å²) < 4.78 is 2.22. The first-order valence-electron chi connectivity index (χ1n) is 8.04. The first-order valence-corrected chi connectivity index (χ1v) is 8.04. The Morgan fingerprint density at radius 2 is 1.83 bits per heavy atom. The Hall–Kier alpha value is -2.68. The third-order valence-electron chi connectivity index (χ3n) is 4.51. The van der Waals surface area contributed by atoms with E-state index in [1.807, 2.05) is 30.3 Å². The van der Waals surface area contributed by atoms with E-state index < -0.39 is 0 Å². The van der Waals surface area contributed by atoms with E-state index in [1.54, 1.807) is 0 Å². The standard InChI is InChI=1S/C20H18N2O/c23-14-15-10-12-16(13-11-15)20-21-18-8-4-5-9-19(18)22(20)17-6-2-1-3-7-17/h1-9,12,14-15H,10-11,13H2. The minimum absolute atomic E-state index is 0.160. The average molecular weight is 302 g/mol. The molecule has 2 aromatic carbocycles. The highest BCUT2D eigenvalue weighted by Gasteiger charge is 2.20. The van der Waals surface area contributed by atoms with Gasteiger partial charge in [0, 0.05) is 11.6 Å². The Labute approximate surface area is 135 Å². The van der Waals surface area contributed by atoms with Gasteiger partial charge in [-0.05, 0) is 49.1 Å². The molecule has 0 aliphatic heterocycles. The highest BCUT2D eigenvalue weighted by atomic mass is 16.1. The van der Waals surface area contributed by atoms with Gasteiger partial charge in [-0.25, -0.2) is 4.98 Å². The lowest BCUT2D eigenvalue weighted by Crippen LogP contribution is -2.09. The van der Waals surface area contributed by atoms with E-state index in [2.05, 4.69) is 34.9 Å². The molecule has 3 nitrogen and oxygen atoms in total. The molecular weight excluding hydrogens is 284 g/mol. The quantitative estimate of drug-likeness (QED) is 0.672. The first kappa shape index (κ1) is 13.9. The van der Waals surface area contributed by atoms with Crippen LogP contribution in [0.3, 0.4) is 0 Å². The second-order valence-electron chi connectivity index (χ2n) is 5.99. The van der Waals surface area contributed by atoms with Gasteiger partial charge < -0.3 is 4.79 Å². The number of carbonyl (C=O) groups is 1. The van der Waals surface area contributed by atoms with Crippen molar-refractivity contribution in [1.29, 1.82) is 0 Å². The van der Waals surface area contributed by atoms with Crippen LogP contribution in [-0.2, 0) is 4.79 Å². The van der Waals surface area contributed by atoms with Crippen LogP contribution in [0.4, 0.5) is 0 Å². The molecule has 0 saturated heterocycles. The van der Waals surface area contributed by atoms with Gasteiger partial charge in [-0.3, -0.25) is 4.57 Å². The van der Waals surface area contributed by atoms with Crippen LogP contribution in [0, 0.1) is 5.92 Å². The number of benzene rings is 2. The summed E-state index contributed by atoms with van der Waals surface area (Å²) in [4.78, 5) is 15.9. The number of imidazole rings is 1. The molecule has 1 aromatic heterocycles. The Morgan fingerprint density at radius 1 is 1.04 bits per heavy atom. The number of hydrogen-bond acceptors (Lipinski definition) is 2. The van der Waals surface area contributed by atoms with E-state index in [0.717, 1.165) is 48.1 Å². The van der Waals surface area contributed by atoms with E-state index in [4.69, 9.17) is 4.98 Å². The molecule has 0 radical (unpaired) electrons. The van der Waals surface area contributed by atoms with Crippen LogP contribution >= 0.6 is 0 Å². The predicted octanol–water partition coefficient (Wildman–Crippen LogP) is 4.41. The second kappa shape index (κ2) is 5.84. The van der Waals surface area contributed by atoms with Gasteiger partial charge in [-0.1, -0.05) is 36.4 Å². The van der Waals surface area contributed by atoms with E-state index in [1.165, 1.54) is 5.57 Å². The Bertz CT molecular complexity index is 877. The fourth-order valence-corrected chi connectivity index (χ4v) is 3.26. The summed E-state index contributed by atoms with van der Waals surface area (Å²) in [5, 5.41) is 0. The van der Waals surface area contributed by atoms with Crippen LogP contribution in [0.15, 0.2) is 60.7 Å². The lowest BCUT2D eigenvalue weighted by molar-refractivity contribution is -0.111. The minimum atomic E-state index is 0.160. The summed E-state index contributed by atoms with van der Waals surface area (Å²) >= 11 is 0. The highest BCUT2D eigenvalue weighted by Crippen LogP contribution is 2.32. The molecule has 114 valence electrons. The lowest BCUT2D eigenvalue weighted by atomic mass is 9.90. The molecule has 0 bridgehead atoms. The number of fused-ring (bicyclic) bond motifs is 1. The van der Waals surface area contributed by atoms with Gasteiger partial charge in [0.05, 0.1) is 11.0 Å². The molecule has 1 aliphatic carbocycles. The zero-order chi connectivity index (χ0) is 15.6. The van der Waals surface area contributed by atoms with Gasteiger partial charge in [-0.2, -0.15) is 0 Å². The summed E-state index contributed by atoms with van der Waals surface area (Å²) in [6.45, 7) is 0. The number of nitrogens with zero attached hydrogens (tertiary/aromatic N) is 2. The van der Waals surface area contributed by atoms with Gasteiger partial charge >= 0.3 is 0 Å². The molecule has 0 saturated carbocycles. The summed E-state index contributed by atoms with van der Waals surface area (Å²) in [6.07, 6.45) is 5.89. The van der Waals surface area contributed by atoms with Crippen molar-refractivity contribution < 1.29 is 4.79 Å². The third kappa shape index (κ3) is 2.48. The Morgan fingerprint density at radius 3 is 2.57 bits per heavy atom. The molecule has 3 heteroatoms. The largest absolute Gasteiger partial charge is 0.303 e. The van der Waals surface area contributed by atoms with Crippen molar-refractivity contribution in [1.82, 2.24) is 9.55 Å². The van der Waals surface area contributed by atoms with Crippen LogP contribution in [-0.4, -0.2) is 15.8 Å². The van der Waals surface area contributed by atoms with E-state index in [-0.39, 0.29) is 5.92 Å². The molecule has 4 rings (SSSR count). The molecule has 0 fully saturated rings. The monoisotopic (exact) mass is 302 g/mol. The molecule has 1 unspecified atom stereocenters. The molecule has 1 heterocycles. The minimum Gasteiger partial charge on any atom is -0.303 e. The second-order valence-corrected chi connectivity index (χ2v) is 5.99. The molecule has 0 N–H and O–H groups in total. The molecular formula is C20H18N2O. The molecule has 0 amide bonds. The molecule has 3 aromatic rings. The highest BCUT2D eigenvalue weighted by molar-refractivity contribution is 5.82. The topological polar surface area (TPSA) is 34.9 Å². The zero-order valence-corrected chi connectivity index (χ0v) is 12.9. The molecule has 0 spiro atoms. The van der Waals surface area contributed by atoms with Gasteiger partial charge in [0.1, 0.15) is 12.1 Å². The van der Waals surface area contributed by atoms with Crippen LogP contribution in [0.5, 0.6) is 0 Å². The average Bonchev–Trinajstić information content (AvgIpc) is 3.02. The van der Waals surface area contributed by atoms with Crippen LogP contribution in [0.25, 0.3) is 22.3 Å². The predicted molar refractivity (Wildman–Crippen MR) is 92.5 cm³/mol. The third-order valence-corrected chi connectivity index (χ3v) is 4.51. The number of aromatic nitrogens is 2. The van der Waals surface area contributed by atoms with Gasteiger partial charge in [-0.15, -0.1) is 0 Å². The SMILES string of the molecule is O=CC1CC=C(c2nc3ccccc3n2-c2ccccc2)CC1.